The normalized spacial score (nSPS) is 10.2. The van der Waals surface area contributed by atoms with Gasteiger partial charge in [-0.25, -0.2) is 14.8 Å². The molecule has 22 heavy (non-hydrogen) atoms. The molecule has 0 spiro atoms. The monoisotopic (exact) mass is 292 g/mol. The quantitative estimate of drug-likeness (QED) is 0.768. The molecule has 2 N–H and O–H groups in total. The lowest BCUT2D eigenvalue weighted by atomic mass is 10.2. The second-order valence-electron chi connectivity index (χ2n) is 4.51. The molecule has 0 atom stereocenters. The van der Waals surface area contributed by atoms with Crippen molar-refractivity contribution >= 4 is 17.6 Å². The van der Waals surface area contributed by atoms with Crippen molar-refractivity contribution < 1.29 is 9.90 Å². The fraction of sp³-hybridized carbons (Fsp3) is 0. The Morgan fingerprint density at radius 1 is 1.05 bits per heavy atom. The van der Waals surface area contributed by atoms with Crippen LogP contribution in [0.15, 0.2) is 61.1 Å². The molecule has 0 aliphatic rings. The van der Waals surface area contributed by atoms with Crippen LogP contribution in [-0.4, -0.2) is 26.0 Å². The van der Waals surface area contributed by atoms with Crippen LogP contribution in [-0.2, 0) is 0 Å². The molecule has 0 bridgehead atoms. The van der Waals surface area contributed by atoms with Gasteiger partial charge < -0.3 is 10.4 Å². The first-order valence-electron chi connectivity index (χ1n) is 6.56. The van der Waals surface area contributed by atoms with Crippen LogP contribution in [0.4, 0.5) is 11.6 Å². The first-order chi connectivity index (χ1) is 10.7. The van der Waals surface area contributed by atoms with Crippen molar-refractivity contribution in [3.8, 4) is 11.3 Å². The number of hydrogen-bond acceptors (Lipinski definition) is 5. The largest absolute Gasteiger partial charge is 0.478 e. The molecule has 0 saturated heterocycles. The highest BCUT2D eigenvalue weighted by Crippen LogP contribution is 2.18. The molecule has 0 amide bonds. The van der Waals surface area contributed by atoms with Gasteiger partial charge in [-0.3, -0.25) is 4.98 Å². The van der Waals surface area contributed by atoms with E-state index in [9.17, 15) is 4.79 Å². The Kier molecular flexibility index (Phi) is 3.74. The number of hydrogen-bond donors (Lipinski definition) is 2. The second kappa shape index (κ2) is 6.01. The van der Waals surface area contributed by atoms with Gasteiger partial charge in [0.15, 0.2) is 0 Å². The average Bonchev–Trinajstić information content (AvgIpc) is 2.56. The number of carboxylic acids is 1. The predicted octanol–water partition coefficient (Wildman–Crippen LogP) is 2.98. The fourth-order valence-corrected chi connectivity index (χ4v) is 1.92. The fourth-order valence-electron chi connectivity index (χ4n) is 1.92. The smallest absolute Gasteiger partial charge is 0.335 e. The maximum Gasteiger partial charge on any atom is 0.335 e. The van der Waals surface area contributed by atoms with Gasteiger partial charge in [0.1, 0.15) is 0 Å². The van der Waals surface area contributed by atoms with Crippen LogP contribution in [0.25, 0.3) is 11.3 Å². The zero-order chi connectivity index (χ0) is 15.4. The van der Waals surface area contributed by atoms with E-state index in [0.717, 1.165) is 11.3 Å². The molecule has 0 unspecified atom stereocenters. The van der Waals surface area contributed by atoms with Crippen LogP contribution in [0.3, 0.4) is 0 Å². The molecule has 1 aromatic carbocycles. The number of nitrogens with one attached hydrogen (secondary N) is 1. The van der Waals surface area contributed by atoms with E-state index in [4.69, 9.17) is 5.11 Å². The van der Waals surface area contributed by atoms with Gasteiger partial charge in [0.05, 0.1) is 11.3 Å². The van der Waals surface area contributed by atoms with Crippen LogP contribution < -0.4 is 5.32 Å². The lowest BCUT2D eigenvalue weighted by molar-refractivity contribution is 0.0697. The van der Waals surface area contributed by atoms with Crippen molar-refractivity contribution in [2.24, 2.45) is 0 Å². The van der Waals surface area contributed by atoms with Crippen LogP contribution in [0.2, 0.25) is 0 Å². The zero-order valence-electron chi connectivity index (χ0n) is 11.5. The third-order valence-electron chi connectivity index (χ3n) is 3.00. The molecule has 6 nitrogen and oxygen atoms in total. The summed E-state index contributed by atoms with van der Waals surface area (Å²) < 4.78 is 0. The van der Waals surface area contributed by atoms with Crippen molar-refractivity contribution in [1.82, 2.24) is 15.0 Å². The molecule has 0 radical (unpaired) electrons. The predicted molar refractivity (Wildman–Crippen MR) is 81.9 cm³/mol. The Balaban J connectivity index is 1.82. The van der Waals surface area contributed by atoms with E-state index in [1.807, 2.05) is 12.1 Å². The van der Waals surface area contributed by atoms with Crippen molar-refractivity contribution in [2.45, 2.75) is 0 Å². The molecule has 3 aromatic rings. The van der Waals surface area contributed by atoms with Gasteiger partial charge in [0.25, 0.3) is 0 Å². The number of carbonyl (C=O) groups is 1. The van der Waals surface area contributed by atoms with Crippen molar-refractivity contribution in [2.75, 3.05) is 5.32 Å². The SMILES string of the molecule is O=C(O)c1ccc(Nc2nccc(-c3cccnc3)n2)cc1. The Labute approximate surface area is 126 Å². The molecule has 108 valence electrons. The van der Waals surface area contributed by atoms with Gasteiger partial charge in [-0.15, -0.1) is 0 Å². The minimum absolute atomic E-state index is 0.232. The highest BCUT2D eigenvalue weighted by Gasteiger charge is 2.04. The van der Waals surface area contributed by atoms with E-state index in [-0.39, 0.29) is 5.56 Å². The number of nitrogens with zero attached hydrogens (tertiary/aromatic N) is 3. The molecular weight excluding hydrogens is 280 g/mol. The molecule has 0 fully saturated rings. The molecule has 2 aromatic heterocycles. The van der Waals surface area contributed by atoms with E-state index < -0.39 is 5.97 Å². The minimum Gasteiger partial charge on any atom is -0.478 e. The van der Waals surface area contributed by atoms with Gasteiger partial charge in [-0.1, -0.05) is 0 Å². The Morgan fingerprint density at radius 3 is 2.55 bits per heavy atom. The third-order valence-corrected chi connectivity index (χ3v) is 3.00. The highest BCUT2D eigenvalue weighted by atomic mass is 16.4. The number of rotatable bonds is 4. The Bertz CT molecular complexity index is 789. The van der Waals surface area contributed by atoms with Crippen LogP contribution in [0.5, 0.6) is 0 Å². The molecule has 0 saturated carbocycles. The molecule has 3 rings (SSSR count). The summed E-state index contributed by atoms with van der Waals surface area (Å²) in [7, 11) is 0. The Hall–Kier alpha value is -3.28. The van der Waals surface area contributed by atoms with Crippen molar-refractivity contribution in [1.29, 1.82) is 0 Å². The summed E-state index contributed by atoms with van der Waals surface area (Å²) in [6.07, 6.45) is 5.09. The topological polar surface area (TPSA) is 88.0 Å². The van der Waals surface area contributed by atoms with Crippen molar-refractivity contribution in [3.63, 3.8) is 0 Å². The van der Waals surface area contributed by atoms with E-state index in [2.05, 4.69) is 20.3 Å². The van der Waals surface area contributed by atoms with E-state index in [0.29, 0.717) is 11.6 Å². The van der Waals surface area contributed by atoms with Crippen LogP contribution >= 0.6 is 0 Å². The van der Waals surface area contributed by atoms with Crippen LogP contribution in [0.1, 0.15) is 10.4 Å². The lowest BCUT2D eigenvalue weighted by Crippen LogP contribution is -1.99. The lowest BCUT2D eigenvalue weighted by Gasteiger charge is -2.06. The highest BCUT2D eigenvalue weighted by molar-refractivity contribution is 5.88. The third kappa shape index (κ3) is 3.06. The van der Waals surface area contributed by atoms with E-state index >= 15 is 0 Å². The molecule has 2 heterocycles. The van der Waals surface area contributed by atoms with E-state index in [1.54, 1.807) is 36.8 Å². The summed E-state index contributed by atoms with van der Waals surface area (Å²) in [5.74, 6) is -0.522. The van der Waals surface area contributed by atoms with Gasteiger partial charge in [-0.05, 0) is 42.5 Å². The first kappa shape index (κ1) is 13.7. The standard InChI is InChI=1S/C16H12N4O2/c21-15(22)11-3-5-13(6-4-11)19-16-18-9-7-14(20-16)12-2-1-8-17-10-12/h1-10H,(H,21,22)(H,18,19,20). The van der Waals surface area contributed by atoms with Crippen LogP contribution in [0, 0.1) is 0 Å². The first-order valence-corrected chi connectivity index (χ1v) is 6.56. The maximum atomic E-state index is 10.8. The number of pyridine rings is 1. The molecule has 0 aliphatic heterocycles. The number of aromatic nitrogens is 3. The summed E-state index contributed by atoms with van der Waals surface area (Å²) in [4.78, 5) is 23.5. The average molecular weight is 292 g/mol. The molecule has 0 aliphatic carbocycles. The minimum atomic E-state index is -0.957. The van der Waals surface area contributed by atoms with Gasteiger partial charge >= 0.3 is 5.97 Å². The summed E-state index contributed by atoms with van der Waals surface area (Å²) in [6, 6.07) is 11.9. The summed E-state index contributed by atoms with van der Waals surface area (Å²) in [5, 5.41) is 11.9. The number of anilines is 2. The van der Waals surface area contributed by atoms with Gasteiger partial charge in [0, 0.05) is 29.8 Å². The number of aromatic carboxylic acids is 1. The van der Waals surface area contributed by atoms with Crippen molar-refractivity contribution in [3.05, 3.63) is 66.6 Å². The van der Waals surface area contributed by atoms with Gasteiger partial charge in [0.2, 0.25) is 5.95 Å². The molecule has 6 heteroatoms. The van der Waals surface area contributed by atoms with E-state index in [1.165, 1.54) is 12.1 Å². The number of carboxylic acid groups (broad SMARTS) is 1. The Morgan fingerprint density at radius 2 is 1.86 bits per heavy atom. The molecular formula is C16H12N4O2. The second-order valence-corrected chi connectivity index (χ2v) is 4.51. The maximum absolute atomic E-state index is 10.8. The number of benzene rings is 1. The summed E-state index contributed by atoms with van der Waals surface area (Å²) in [6.45, 7) is 0. The summed E-state index contributed by atoms with van der Waals surface area (Å²) >= 11 is 0. The zero-order valence-corrected chi connectivity index (χ0v) is 11.5. The summed E-state index contributed by atoms with van der Waals surface area (Å²) in [5.41, 5.74) is 2.60. The van der Waals surface area contributed by atoms with Gasteiger partial charge in [-0.2, -0.15) is 0 Å².